The topological polar surface area (TPSA) is 35.6 Å². The third-order valence-electron chi connectivity index (χ3n) is 4.49. The van der Waals surface area contributed by atoms with Gasteiger partial charge in [-0.25, -0.2) is 0 Å². The molecule has 0 radical (unpaired) electrons. The summed E-state index contributed by atoms with van der Waals surface area (Å²) < 4.78 is 0. The van der Waals surface area contributed by atoms with Crippen LogP contribution < -0.4 is 10.2 Å². The van der Waals surface area contributed by atoms with Gasteiger partial charge in [-0.05, 0) is 45.0 Å². The molecule has 2 saturated heterocycles. The van der Waals surface area contributed by atoms with Crippen molar-refractivity contribution >= 4 is 17.3 Å². The number of benzene rings is 1. The summed E-state index contributed by atoms with van der Waals surface area (Å²) in [6.45, 7) is 4.19. The van der Waals surface area contributed by atoms with Crippen LogP contribution in [0, 0.1) is 0 Å². The highest BCUT2D eigenvalue weighted by molar-refractivity contribution is 5.95. The minimum absolute atomic E-state index is 0.247. The largest absolute Gasteiger partial charge is 0.381 e. The van der Waals surface area contributed by atoms with Crippen LogP contribution >= 0.6 is 0 Å². The number of anilines is 2. The summed E-state index contributed by atoms with van der Waals surface area (Å²) in [6.07, 6.45) is 2.83. The van der Waals surface area contributed by atoms with Gasteiger partial charge in [-0.2, -0.15) is 0 Å². The number of rotatable bonds is 3. The second kappa shape index (κ2) is 5.44. The van der Waals surface area contributed by atoms with Crippen LogP contribution in [0.1, 0.15) is 26.2 Å². The molecule has 1 amide bonds. The SMILES string of the molecule is CC1CC(Nc2cccc(N3CCCC3=O)c2)CN1C. The quantitative estimate of drug-likeness (QED) is 0.918. The molecule has 4 nitrogen and oxygen atoms in total. The average molecular weight is 273 g/mol. The maximum atomic E-state index is 11.8. The Bertz CT molecular complexity index is 492. The van der Waals surface area contributed by atoms with E-state index >= 15 is 0 Å². The molecule has 2 fully saturated rings. The summed E-state index contributed by atoms with van der Waals surface area (Å²) in [6, 6.07) is 9.39. The zero-order chi connectivity index (χ0) is 14.1. The predicted molar refractivity (Wildman–Crippen MR) is 82.1 cm³/mol. The van der Waals surface area contributed by atoms with Crippen molar-refractivity contribution in [2.24, 2.45) is 0 Å². The Kier molecular flexibility index (Phi) is 3.66. The Labute approximate surface area is 120 Å². The number of amides is 1. The van der Waals surface area contributed by atoms with E-state index in [0.29, 0.717) is 18.5 Å². The molecule has 0 bridgehead atoms. The van der Waals surface area contributed by atoms with Crippen molar-refractivity contribution in [3.63, 3.8) is 0 Å². The molecule has 4 heteroatoms. The van der Waals surface area contributed by atoms with E-state index < -0.39 is 0 Å². The third-order valence-corrected chi connectivity index (χ3v) is 4.49. The first-order chi connectivity index (χ1) is 9.63. The fourth-order valence-electron chi connectivity index (χ4n) is 3.22. The van der Waals surface area contributed by atoms with Crippen molar-refractivity contribution in [3.05, 3.63) is 24.3 Å². The van der Waals surface area contributed by atoms with Gasteiger partial charge >= 0.3 is 0 Å². The molecule has 2 aliphatic heterocycles. The van der Waals surface area contributed by atoms with Gasteiger partial charge in [-0.15, -0.1) is 0 Å². The van der Waals surface area contributed by atoms with Gasteiger partial charge in [0.15, 0.2) is 0 Å². The van der Waals surface area contributed by atoms with Crippen molar-refractivity contribution in [2.45, 2.75) is 38.3 Å². The van der Waals surface area contributed by atoms with Crippen LogP contribution in [0.15, 0.2) is 24.3 Å². The van der Waals surface area contributed by atoms with Gasteiger partial charge in [0.1, 0.15) is 0 Å². The van der Waals surface area contributed by atoms with Crippen LogP contribution in [0.4, 0.5) is 11.4 Å². The summed E-state index contributed by atoms with van der Waals surface area (Å²) in [5.41, 5.74) is 2.15. The second-order valence-corrected chi connectivity index (χ2v) is 6.06. The van der Waals surface area contributed by atoms with Crippen molar-refractivity contribution in [1.29, 1.82) is 0 Å². The van der Waals surface area contributed by atoms with Gasteiger partial charge in [-0.1, -0.05) is 6.07 Å². The molecular formula is C16H23N3O. The van der Waals surface area contributed by atoms with Gasteiger partial charge in [0.25, 0.3) is 0 Å². The van der Waals surface area contributed by atoms with Crippen molar-refractivity contribution < 1.29 is 4.79 Å². The van der Waals surface area contributed by atoms with E-state index in [4.69, 9.17) is 0 Å². The molecule has 0 aromatic heterocycles. The van der Waals surface area contributed by atoms with Gasteiger partial charge in [-0.3, -0.25) is 4.79 Å². The Morgan fingerprint density at radius 3 is 2.85 bits per heavy atom. The molecule has 1 N–H and O–H groups in total. The smallest absolute Gasteiger partial charge is 0.227 e. The highest BCUT2D eigenvalue weighted by Gasteiger charge is 2.26. The standard InChI is InChI=1S/C16H23N3O/c1-12-9-14(11-18(12)2)17-13-5-3-6-15(10-13)19-8-4-7-16(19)20/h3,5-6,10,12,14,17H,4,7-9,11H2,1-2H3. The van der Waals surface area contributed by atoms with Gasteiger partial charge in [0.05, 0.1) is 0 Å². The highest BCUT2D eigenvalue weighted by atomic mass is 16.2. The number of likely N-dealkylation sites (N-methyl/N-ethyl adjacent to an activating group) is 1. The fraction of sp³-hybridized carbons (Fsp3) is 0.562. The average Bonchev–Trinajstić information content (AvgIpc) is 2.97. The Hall–Kier alpha value is -1.55. The molecule has 2 aliphatic rings. The van der Waals surface area contributed by atoms with Crippen molar-refractivity contribution in [3.8, 4) is 0 Å². The summed E-state index contributed by atoms with van der Waals surface area (Å²) in [5, 5.41) is 3.60. The van der Waals surface area contributed by atoms with E-state index in [9.17, 15) is 4.79 Å². The minimum atomic E-state index is 0.247. The van der Waals surface area contributed by atoms with E-state index in [1.165, 1.54) is 6.42 Å². The Morgan fingerprint density at radius 2 is 2.20 bits per heavy atom. The van der Waals surface area contributed by atoms with Crippen LogP contribution in [-0.2, 0) is 4.79 Å². The zero-order valence-electron chi connectivity index (χ0n) is 12.3. The molecular weight excluding hydrogens is 250 g/mol. The first kappa shape index (κ1) is 13.4. The van der Waals surface area contributed by atoms with Gasteiger partial charge < -0.3 is 15.1 Å². The van der Waals surface area contributed by atoms with E-state index in [1.54, 1.807) is 0 Å². The molecule has 2 atom stereocenters. The van der Waals surface area contributed by atoms with E-state index in [1.807, 2.05) is 17.0 Å². The van der Waals surface area contributed by atoms with Gasteiger partial charge in [0.2, 0.25) is 5.91 Å². The molecule has 0 saturated carbocycles. The second-order valence-electron chi connectivity index (χ2n) is 6.06. The maximum Gasteiger partial charge on any atom is 0.227 e. The monoisotopic (exact) mass is 273 g/mol. The molecule has 1 aromatic carbocycles. The number of likely N-dealkylation sites (tertiary alicyclic amines) is 1. The molecule has 2 heterocycles. The number of carbonyl (C=O) groups excluding carboxylic acids is 1. The zero-order valence-corrected chi connectivity index (χ0v) is 12.3. The lowest BCUT2D eigenvalue weighted by Gasteiger charge is -2.19. The number of hydrogen-bond donors (Lipinski definition) is 1. The summed E-state index contributed by atoms with van der Waals surface area (Å²) in [5.74, 6) is 0.247. The molecule has 3 rings (SSSR count). The Morgan fingerprint density at radius 1 is 1.35 bits per heavy atom. The third kappa shape index (κ3) is 2.66. The van der Waals surface area contributed by atoms with E-state index in [2.05, 4.69) is 36.3 Å². The summed E-state index contributed by atoms with van der Waals surface area (Å²) >= 11 is 0. The van der Waals surface area contributed by atoms with Crippen LogP contribution in [0.25, 0.3) is 0 Å². The molecule has 20 heavy (non-hydrogen) atoms. The van der Waals surface area contributed by atoms with E-state index in [-0.39, 0.29) is 5.91 Å². The molecule has 108 valence electrons. The van der Waals surface area contributed by atoms with E-state index in [0.717, 1.165) is 30.9 Å². The number of carbonyl (C=O) groups is 1. The molecule has 0 aliphatic carbocycles. The van der Waals surface area contributed by atoms with Crippen LogP contribution in [0.3, 0.4) is 0 Å². The normalized spacial score (nSPS) is 27.3. The molecule has 1 aromatic rings. The van der Waals surface area contributed by atoms with Crippen molar-refractivity contribution in [1.82, 2.24) is 4.90 Å². The lowest BCUT2D eigenvalue weighted by atomic mass is 10.1. The summed E-state index contributed by atoms with van der Waals surface area (Å²) in [4.78, 5) is 16.1. The van der Waals surface area contributed by atoms with Crippen molar-refractivity contribution in [2.75, 3.05) is 30.4 Å². The first-order valence-corrected chi connectivity index (χ1v) is 7.50. The van der Waals surface area contributed by atoms with Crippen LogP contribution in [0.2, 0.25) is 0 Å². The predicted octanol–water partition coefficient (Wildman–Crippen LogP) is 2.32. The summed E-state index contributed by atoms with van der Waals surface area (Å²) in [7, 11) is 2.17. The highest BCUT2D eigenvalue weighted by Crippen LogP contribution is 2.26. The molecule has 2 unspecified atom stereocenters. The molecule has 0 spiro atoms. The number of nitrogens with one attached hydrogen (secondary N) is 1. The van der Waals surface area contributed by atoms with Gasteiger partial charge in [0, 0.05) is 43.0 Å². The lowest BCUT2D eigenvalue weighted by molar-refractivity contribution is -0.117. The maximum absolute atomic E-state index is 11.8. The van der Waals surface area contributed by atoms with Crippen LogP contribution in [0.5, 0.6) is 0 Å². The number of hydrogen-bond acceptors (Lipinski definition) is 3. The van der Waals surface area contributed by atoms with Crippen LogP contribution in [-0.4, -0.2) is 43.0 Å². The first-order valence-electron chi connectivity index (χ1n) is 7.50. The number of nitrogens with zero attached hydrogens (tertiary/aromatic N) is 2. The Balaban J connectivity index is 1.70. The fourth-order valence-corrected chi connectivity index (χ4v) is 3.22. The lowest BCUT2D eigenvalue weighted by Crippen LogP contribution is -2.25. The minimum Gasteiger partial charge on any atom is -0.381 e.